The van der Waals surface area contributed by atoms with Crippen LogP contribution in [0, 0.1) is 5.82 Å². The maximum Gasteiger partial charge on any atom is 0.258 e. The van der Waals surface area contributed by atoms with E-state index in [4.69, 9.17) is 9.47 Å². The van der Waals surface area contributed by atoms with E-state index in [9.17, 15) is 9.18 Å². The average molecular weight is 382 g/mol. The minimum Gasteiger partial charge on any atom is -0.467 e. The molecule has 3 aromatic rings. The Morgan fingerprint density at radius 1 is 1.11 bits per heavy atom. The van der Waals surface area contributed by atoms with E-state index in [1.807, 2.05) is 0 Å². The molecule has 0 aliphatic rings. The van der Waals surface area contributed by atoms with Crippen LogP contribution in [0.25, 0.3) is 11.4 Å². The van der Waals surface area contributed by atoms with Gasteiger partial charge >= 0.3 is 0 Å². The molecule has 0 bridgehead atoms. The minimum absolute atomic E-state index is 0.208. The number of carbonyl (C=O) groups is 1. The molecule has 0 aliphatic heterocycles. The van der Waals surface area contributed by atoms with E-state index < -0.39 is 0 Å². The Hall–Kier alpha value is -3.39. The van der Waals surface area contributed by atoms with Crippen LogP contribution in [0.1, 0.15) is 11.3 Å². The molecule has 3 rings (SSSR count). The van der Waals surface area contributed by atoms with E-state index in [1.54, 1.807) is 49.8 Å². The van der Waals surface area contributed by atoms with Crippen molar-refractivity contribution in [1.82, 2.24) is 20.3 Å². The smallest absolute Gasteiger partial charge is 0.258 e. The summed E-state index contributed by atoms with van der Waals surface area (Å²) in [6, 6.07) is 11.1. The number of pyridine rings is 1. The molecule has 144 valence electrons. The molecule has 0 radical (unpaired) electrons. The van der Waals surface area contributed by atoms with E-state index in [0.29, 0.717) is 11.5 Å². The Kier molecular flexibility index (Phi) is 6.59. The quantitative estimate of drug-likeness (QED) is 0.644. The average Bonchev–Trinajstić information content (AvgIpc) is 2.72. The number of aromatic nitrogens is 3. The lowest BCUT2D eigenvalue weighted by molar-refractivity contribution is -0.123. The van der Waals surface area contributed by atoms with Gasteiger partial charge in [0.1, 0.15) is 5.82 Å². The van der Waals surface area contributed by atoms with E-state index in [0.717, 1.165) is 11.1 Å². The van der Waals surface area contributed by atoms with Crippen molar-refractivity contribution in [3.63, 3.8) is 0 Å². The summed E-state index contributed by atoms with van der Waals surface area (Å²) in [5.74, 6) is 0.0881. The predicted molar refractivity (Wildman–Crippen MR) is 99.7 cm³/mol. The molecular formula is C20H19FN4O3. The van der Waals surface area contributed by atoms with E-state index in [2.05, 4.69) is 20.3 Å². The van der Waals surface area contributed by atoms with Gasteiger partial charge in [-0.25, -0.2) is 9.37 Å². The van der Waals surface area contributed by atoms with Gasteiger partial charge in [-0.1, -0.05) is 12.1 Å². The molecule has 8 heteroatoms. The van der Waals surface area contributed by atoms with Crippen molar-refractivity contribution in [3.8, 4) is 17.3 Å². The molecule has 0 unspecified atom stereocenters. The van der Waals surface area contributed by atoms with Crippen LogP contribution in [0.2, 0.25) is 0 Å². The molecule has 0 spiro atoms. The van der Waals surface area contributed by atoms with Gasteiger partial charge in [0.05, 0.1) is 12.3 Å². The fraction of sp³-hybridized carbons (Fsp3) is 0.200. The molecule has 0 fully saturated rings. The van der Waals surface area contributed by atoms with Crippen LogP contribution in [0.4, 0.5) is 4.39 Å². The van der Waals surface area contributed by atoms with Crippen LogP contribution >= 0.6 is 0 Å². The summed E-state index contributed by atoms with van der Waals surface area (Å²) in [6.45, 7) is 0.359. The van der Waals surface area contributed by atoms with Gasteiger partial charge in [0.15, 0.2) is 12.4 Å². The van der Waals surface area contributed by atoms with Gasteiger partial charge in [-0.15, -0.1) is 0 Å². The van der Waals surface area contributed by atoms with Crippen molar-refractivity contribution in [3.05, 3.63) is 71.9 Å². The molecule has 0 saturated heterocycles. The number of ether oxygens (including phenoxy) is 2. The van der Waals surface area contributed by atoms with Crippen molar-refractivity contribution < 1.29 is 18.7 Å². The number of carbonyl (C=O) groups excluding carboxylic acids is 1. The summed E-state index contributed by atoms with van der Waals surface area (Å²) in [6.07, 6.45) is 3.29. The molecule has 7 nitrogen and oxygen atoms in total. The van der Waals surface area contributed by atoms with Crippen molar-refractivity contribution in [2.45, 2.75) is 13.2 Å². The van der Waals surface area contributed by atoms with Crippen LogP contribution < -0.4 is 10.1 Å². The number of hydrogen-bond donors (Lipinski definition) is 1. The van der Waals surface area contributed by atoms with Crippen LogP contribution in [-0.2, 0) is 22.7 Å². The molecule has 1 aromatic carbocycles. The fourth-order valence-corrected chi connectivity index (χ4v) is 2.39. The normalized spacial score (nSPS) is 10.5. The molecular weight excluding hydrogens is 363 g/mol. The van der Waals surface area contributed by atoms with E-state index >= 15 is 0 Å². The van der Waals surface area contributed by atoms with Crippen molar-refractivity contribution >= 4 is 5.91 Å². The maximum atomic E-state index is 12.9. The van der Waals surface area contributed by atoms with Crippen LogP contribution in [0.3, 0.4) is 0 Å². The van der Waals surface area contributed by atoms with E-state index in [1.165, 1.54) is 12.1 Å². The monoisotopic (exact) mass is 382 g/mol. The topological polar surface area (TPSA) is 86.2 Å². The molecule has 0 aliphatic carbocycles. The number of methoxy groups -OCH3 is 1. The third-order valence-corrected chi connectivity index (χ3v) is 3.74. The highest BCUT2D eigenvalue weighted by Gasteiger charge is 2.10. The van der Waals surface area contributed by atoms with Gasteiger partial charge in [0.25, 0.3) is 5.91 Å². The zero-order valence-corrected chi connectivity index (χ0v) is 15.3. The second-order valence-electron chi connectivity index (χ2n) is 5.88. The second kappa shape index (κ2) is 9.52. The highest BCUT2D eigenvalue weighted by molar-refractivity contribution is 5.77. The van der Waals surface area contributed by atoms with Gasteiger partial charge in [-0.3, -0.25) is 9.78 Å². The maximum absolute atomic E-state index is 12.9. The molecule has 1 amide bonds. The summed E-state index contributed by atoms with van der Waals surface area (Å²) in [7, 11) is 1.57. The number of hydrogen-bond acceptors (Lipinski definition) is 6. The van der Waals surface area contributed by atoms with Crippen LogP contribution in [0.15, 0.2) is 54.9 Å². The first kappa shape index (κ1) is 19.4. The Bertz CT molecular complexity index is 920. The lowest BCUT2D eigenvalue weighted by Crippen LogP contribution is -2.28. The third kappa shape index (κ3) is 5.55. The van der Waals surface area contributed by atoms with Gasteiger partial charge in [-0.2, -0.15) is 4.98 Å². The van der Waals surface area contributed by atoms with Crippen molar-refractivity contribution in [1.29, 1.82) is 0 Å². The first-order valence-corrected chi connectivity index (χ1v) is 8.55. The van der Waals surface area contributed by atoms with Crippen LogP contribution in [-0.4, -0.2) is 34.6 Å². The molecule has 2 aromatic heterocycles. The van der Waals surface area contributed by atoms with E-state index in [-0.39, 0.29) is 37.4 Å². The second-order valence-corrected chi connectivity index (χ2v) is 5.88. The molecule has 2 heterocycles. The summed E-state index contributed by atoms with van der Waals surface area (Å²) < 4.78 is 23.6. The van der Waals surface area contributed by atoms with Gasteiger partial charge in [0.2, 0.25) is 5.88 Å². The van der Waals surface area contributed by atoms with Crippen molar-refractivity contribution in [2.75, 3.05) is 13.7 Å². The standard InChI is InChI=1S/C20H19FN4O3/c1-27-12-17-10-19(25-20(24-17)15-6-8-22-9-7-15)28-13-18(26)23-11-14-2-4-16(21)5-3-14/h2-10H,11-13H2,1H3,(H,23,26). The van der Waals surface area contributed by atoms with Gasteiger partial charge in [0, 0.05) is 37.7 Å². The summed E-state index contributed by atoms with van der Waals surface area (Å²) >= 11 is 0. The number of benzene rings is 1. The zero-order valence-electron chi connectivity index (χ0n) is 15.3. The fourth-order valence-electron chi connectivity index (χ4n) is 2.39. The molecule has 1 N–H and O–H groups in total. The third-order valence-electron chi connectivity index (χ3n) is 3.74. The van der Waals surface area contributed by atoms with Crippen molar-refractivity contribution in [2.24, 2.45) is 0 Å². The van der Waals surface area contributed by atoms with Gasteiger partial charge < -0.3 is 14.8 Å². The predicted octanol–water partition coefficient (Wildman–Crippen LogP) is 2.52. The lowest BCUT2D eigenvalue weighted by Gasteiger charge is -2.10. The first-order chi connectivity index (χ1) is 13.6. The number of amides is 1. The molecule has 0 saturated carbocycles. The Labute approximate surface area is 161 Å². The minimum atomic E-state index is -0.320. The molecule has 0 atom stereocenters. The number of rotatable bonds is 8. The molecule has 28 heavy (non-hydrogen) atoms. The number of halogens is 1. The summed E-state index contributed by atoms with van der Waals surface area (Å²) in [5.41, 5.74) is 2.20. The Morgan fingerprint density at radius 2 is 1.86 bits per heavy atom. The Balaban J connectivity index is 1.63. The van der Waals surface area contributed by atoms with Crippen LogP contribution in [0.5, 0.6) is 5.88 Å². The lowest BCUT2D eigenvalue weighted by atomic mass is 10.2. The summed E-state index contributed by atoms with van der Waals surface area (Å²) in [5, 5.41) is 2.71. The largest absolute Gasteiger partial charge is 0.467 e. The highest BCUT2D eigenvalue weighted by Crippen LogP contribution is 2.19. The number of nitrogens with one attached hydrogen (secondary N) is 1. The Morgan fingerprint density at radius 3 is 2.57 bits per heavy atom. The number of nitrogens with zero attached hydrogens (tertiary/aromatic N) is 3. The summed E-state index contributed by atoms with van der Waals surface area (Å²) in [4.78, 5) is 24.8. The SMILES string of the molecule is COCc1cc(OCC(=O)NCc2ccc(F)cc2)nc(-c2ccncc2)n1. The van der Waals surface area contributed by atoms with Gasteiger partial charge in [-0.05, 0) is 29.8 Å². The first-order valence-electron chi connectivity index (χ1n) is 8.55. The zero-order chi connectivity index (χ0) is 19.8. The highest BCUT2D eigenvalue weighted by atomic mass is 19.1.